The highest BCUT2D eigenvalue weighted by Crippen LogP contribution is 2.19. The molecule has 1 amide bonds. The van der Waals surface area contributed by atoms with E-state index >= 15 is 0 Å². The quantitative estimate of drug-likeness (QED) is 0.0320. The number of esters is 1. The maximum Gasteiger partial charge on any atom is 0.305 e. The molecule has 3 N–H and O–H groups in total. The van der Waals surface area contributed by atoms with Crippen molar-refractivity contribution in [1.82, 2.24) is 5.32 Å². The van der Waals surface area contributed by atoms with Gasteiger partial charge in [0.15, 0.2) is 0 Å². The van der Waals surface area contributed by atoms with Gasteiger partial charge in [-0.15, -0.1) is 0 Å². The second-order valence-electron chi connectivity index (χ2n) is 25.3. The van der Waals surface area contributed by atoms with E-state index in [4.69, 9.17) is 4.74 Å². The van der Waals surface area contributed by atoms with E-state index in [0.717, 1.165) is 38.5 Å². The lowest BCUT2D eigenvalue weighted by atomic mass is 10.0. The summed E-state index contributed by atoms with van der Waals surface area (Å²) in [6.07, 6.45) is 88.6. The molecule has 0 rings (SSSR count). The molecule has 0 radical (unpaired) electrons. The van der Waals surface area contributed by atoms with Crippen LogP contribution in [0, 0.1) is 0 Å². The highest BCUT2D eigenvalue weighted by Gasteiger charge is 2.18. The fourth-order valence-corrected chi connectivity index (χ4v) is 11.6. The number of nitrogens with one attached hydrogen (secondary N) is 1. The number of ether oxygens (including phenoxy) is 1. The Morgan fingerprint density at radius 1 is 0.338 bits per heavy atom. The Hall–Kier alpha value is -1.66. The molecule has 0 aliphatic heterocycles. The number of aliphatic hydroxyl groups is 2. The number of amides is 1. The summed E-state index contributed by atoms with van der Waals surface area (Å²) in [4.78, 5) is 24.5. The Labute approximate surface area is 501 Å². The third-order valence-electron chi connectivity index (χ3n) is 17.2. The molecule has 0 aromatic rings. The van der Waals surface area contributed by atoms with Crippen LogP contribution in [-0.2, 0) is 14.3 Å². The zero-order valence-corrected chi connectivity index (χ0v) is 54.3. The van der Waals surface area contributed by atoms with Gasteiger partial charge in [0.2, 0.25) is 5.91 Å². The van der Waals surface area contributed by atoms with E-state index in [1.807, 2.05) is 6.08 Å². The average molecular weight is 1130 g/mol. The SMILES string of the molecule is CCCCCCCCCCCC/C=C/C(O)C(CO)NC(=O)CCCCCCCCCCCCCCCCCCC/C=C\CCCCCCCCCCCCCCCCOC(=O)CCCCCCCCCCCCCCCCCC. The first kappa shape index (κ1) is 78.3. The number of unbranched alkanes of at least 4 members (excludes halogenated alkanes) is 56. The molecule has 6 heteroatoms. The zero-order valence-electron chi connectivity index (χ0n) is 54.3. The van der Waals surface area contributed by atoms with Gasteiger partial charge >= 0.3 is 5.97 Å². The first-order chi connectivity index (χ1) is 39.5. The van der Waals surface area contributed by atoms with Crippen LogP contribution in [0.5, 0.6) is 0 Å². The molecular formula is C74H143NO5. The van der Waals surface area contributed by atoms with Gasteiger partial charge in [0.05, 0.1) is 25.4 Å². The maximum atomic E-state index is 12.5. The molecule has 474 valence electrons. The topological polar surface area (TPSA) is 95.9 Å². The molecule has 0 fully saturated rings. The van der Waals surface area contributed by atoms with Crippen molar-refractivity contribution >= 4 is 11.9 Å². The van der Waals surface area contributed by atoms with Crippen molar-refractivity contribution in [2.45, 2.75) is 424 Å². The summed E-state index contributed by atoms with van der Waals surface area (Å²) in [7, 11) is 0. The number of allylic oxidation sites excluding steroid dienone is 3. The van der Waals surface area contributed by atoms with Crippen molar-refractivity contribution in [3.05, 3.63) is 24.3 Å². The Morgan fingerprint density at radius 2 is 0.588 bits per heavy atom. The summed E-state index contributed by atoms with van der Waals surface area (Å²) >= 11 is 0. The number of carbonyl (C=O) groups excluding carboxylic acids is 2. The van der Waals surface area contributed by atoms with Crippen LogP contribution in [0.2, 0.25) is 0 Å². The fourth-order valence-electron chi connectivity index (χ4n) is 11.6. The molecule has 2 unspecified atom stereocenters. The molecule has 0 saturated heterocycles. The van der Waals surface area contributed by atoms with E-state index in [-0.39, 0.29) is 18.5 Å². The van der Waals surface area contributed by atoms with Gasteiger partial charge in [0.1, 0.15) is 0 Å². The van der Waals surface area contributed by atoms with Crippen LogP contribution in [0.25, 0.3) is 0 Å². The molecule has 0 aliphatic carbocycles. The number of carbonyl (C=O) groups is 2. The molecule has 2 atom stereocenters. The molecule has 6 nitrogen and oxygen atoms in total. The van der Waals surface area contributed by atoms with Crippen LogP contribution >= 0.6 is 0 Å². The first-order valence-electron chi connectivity index (χ1n) is 36.6. The largest absolute Gasteiger partial charge is 0.466 e. The average Bonchev–Trinajstić information content (AvgIpc) is 3.46. The highest BCUT2D eigenvalue weighted by molar-refractivity contribution is 5.76. The summed E-state index contributed by atoms with van der Waals surface area (Å²) in [6, 6.07) is -0.624. The van der Waals surface area contributed by atoms with Gasteiger partial charge in [-0.05, 0) is 57.8 Å². The second-order valence-corrected chi connectivity index (χ2v) is 25.3. The summed E-state index contributed by atoms with van der Waals surface area (Å²) in [5, 5.41) is 23.1. The fraction of sp³-hybridized carbons (Fsp3) is 0.919. The van der Waals surface area contributed by atoms with Crippen LogP contribution in [0.3, 0.4) is 0 Å². The monoisotopic (exact) mass is 1130 g/mol. The molecule has 0 aliphatic rings. The molecular weight excluding hydrogens is 983 g/mol. The molecule has 0 aromatic heterocycles. The van der Waals surface area contributed by atoms with Crippen LogP contribution < -0.4 is 5.32 Å². The number of rotatable bonds is 69. The highest BCUT2D eigenvalue weighted by atomic mass is 16.5. The van der Waals surface area contributed by atoms with Crippen molar-refractivity contribution in [3.63, 3.8) is 0 Å². The van der Waals surface area contributed by atoms with E-state index in [1.165, 1.54) is 347 Å². The maximum absolute atomic E-state index is 12.5. The minimum atomic E-state index is -0.840. The van der Waals surface area contributed by atoms with Crippen LogP contribution in [0.1, 0.15) is 412 Å². The van der Waals surface area contributed by atoms with E-state index in [1.54, 1.807) is 6.08 Å². The lowest BCUT2D eigenvalue weighted by Gasteiger charge is -2.20. The number of aliphatic hydroxyl groups excluding tert-OH is 2. The Morgan fingerprint density at radius 3 is 0.887 bits per heavy atom. The second kappa shape index (κ2) is 69.8. The molecule has 0 bridgehead atoms. The van der Waals surface area contributed by atoms with E-state index in [9.17, 15) is 19.8 Å². The molecule has 0 saturated carbocycles. The Balaban J connectivity index is 3.32. The predicted molar refractivity (Wildman–Crippen MR) is 352 cm³/mol. The standard InChI is InChI=1S/C74H143NO5/c1-3-5-7-9-11-13-15-17-18-41-44-48-52-56-60-64-68-74(79)80-69-65-61-57-53-49-45-42-39-37-35-33-31-29-27-25-23-21-19-20-22-24-26-28-30-32-34-36-38-40-43-47-51-55-59-63-67-73(78)75-71(70-76)72(77)66-62-58-54-50-46-16-14-12-10-8-6-4-2/h21,23,62,66,71-72,76-77H,3-20,22,24-61,63-65,67-70H2,1-2H3,(H,75,78)/b23-21-,66-62+. The predicted octanol–water partition coefficient (Wildman–Crippen LogP) is 23.7. The van der Waals surface area contributed by atoms with Gasteiger partial charge in [-0.1, -0.05) is 366 Å². The van der Waals surface area contributed by atoms with E-state index in [2.05, 4.69) is 31.3 Å². The lowest BCUT2D eigenvalue weighted by Crippen LogP contribution is -2.45. The minimum Gasteiger partial charge on any atom is -0.466 e. The number of hydrogen-bond donors (Lipinski definition) is 3. The molecule has 0 aromatic carbocycles. The van der Waals surface area contributed by atoms with Crippen LogP contribution in [-0.4, -0.2) is 47.4 Å². The lowest BCUT2D eigenvalue weighted by molar-refractivity contribution is -0.143. The summed E-state index contributed by atoms with van der Waals surface area (Å²) < 4.78 is 5.51. The van der Waals surface area contributed by atoms with Crippen molar-refractivity contribution in [2.75, 3.05) is 13.2 Å². The minimum absolute atomic E-state index is 0.0241. The van der Waals surface area contributed by atoms with Gasteiger partial charge in [0.25, 0.3) is 0 Å². The molecule has 80 heavy (non-hydrogen) atoms. The van der Waals surface area contributed by atoms with E-state index in [0.29, 0.717) is 19.4 Å². The van der Waals surface area contributed by atoms with Crippen molar-refractivity contribution < 1.29 is 24.5 Å². The van der Waals surface area contributed by atoms with Crippen molar-refractivity contribution in [1.29, 1.82) is 0 Å². The zero-order chi connectivity index (χ0) is 57.8. The third kappa shape index (κ3) is 65.5. The van der Waals surface area contributed by atoms with Crippen LogP contribution in [0.15, 0.2) is 24.3 Å². The van der Waals surface area contributed by atoms with Gasteiger partial charge in [-0.25, -0.2) is 0 Å². The van der Waals surface area contributed by atoms with Crippen LogP contribution in [0.4, 0.5) is 0 Å². The summed E-state index contributed by atoms with van der Waals surface area (Å²) in [5.41, 5.74) is 0. The molecule has 0 heterocycles. The van der Waals surface area contributed by atoms with Gasteiger partial charge in [-0.2, -0.15) is 0 Å². The van der Waals surface area contributed by atoms with Gasteiger partial charge < -0.3 is 20.3 Å². The molecule has 0 spiro atoms. The first-order valence-corrected chi connectivity index (χ1v) is 36.6. The van der Waals surface area contributed by atoms with Crippen molar-refractivity contribution in [2.24, 2.45) is 0 Å². The number of hydrogen-bond acceptors (Lipinski definition) is 5. The van der Waals surface area contributed by atoms with Gasteiger partial charge in [0, 0.05) is 12.8 Å². The van der Waals surface area contributed by atoms with Gasteiger partial charge in [-0.3, -0.25) is 9.59 Å². The van der Waals surface area contributed by atoms with Crippen molar-refractivity contribution in [3.8, 4) is 0 Å². The smallest absolute Gasteiger partial charge is 0.305 e. The van der Waals surface area contributed by atoms with E-state index < -0.39 is 12.1 Å². The normalized spacial score (nSPS) is 12.6. The summed E-state index contributed by atoms with van der Waals surface area (Å²) in [5.74, 6) is -0.0391. The third-order valence-corrected chi connectivity index (χ3v) is 17.2. The Kier molecular flexibility index (Phi) is 68.4. The Bertz CT molecular complexity index is 1250. The summed E-state index contributed by atoms with van der Waals surface area (Å²) in [6.45, 7) is 4.93.